The smallest absolute Gasteiger partial charge is 0.226 e. The summed E-state index contributed by atoms with van der Waals surface area (Å²) in [5, 5.41) is 6.51. The molecule has 156 valence electrons. The SMILES string of the molecule is CN=C(NCc1ccc(N2CCCCC2=O)cc1)NCc1ncc(C(C)(C)C)o1. The van der Waals surface area contributed by atoms with Gasteiger partial charge in [0.05, 0.1) is 12.7 Å². The molecular formula is C22H31N5O2. The van der Waals surface area contributed by atoms with Crippen LogP contribution in [-0.2, 0) is 23.3 Å². The van der Waals surface area contributed by atoms with E-state index in [1.807, 2.05) is 29.2 Å². The first-order valence-corrected chi connectivity index (χ1v) is 10.2. The molecule has 1 saturated heterocycles. The maximum atomic E-state index is 12.1. The average molecular weight is 398 g/mol. The first-order chi connectivity index (χ1) is 13.9. The van der Waals surface area contributed by atoms with Crippen LogP contribution in [0.2, 0.25) is 0 Å². The molecule has 2 aromatic rings. The van der Waals surface area contributed by atoms with Gasteiger partial charge in [-0.15, -0.1) is 0 Å². The van der Waals surface area contributed by atoms with E-state index in [9.17, 15) is 4.79 Å². The highest BCUT2D eigenvalue weighted by Gasteiger charge is 2.20. The number of piperidine rings is 1. The van der Waals surface area contributed by atoms with Crippen LogP contribution in [0.25, 0.3) is 0 Å². The molecule has 0 aliphatic carbocycles. The van der Waals surface area contributed by atoms with E-state index in [2.05, 4.69) is 41.4 Å². The van der Waals surface area contributed by atoms with Crippen molar-refractivity contribution in [3.05, 3.63) is 47.7 Å². The number of aromatic nitrogens is 1. The lowest BCUT2D eigenvalue weighted by Crippen LogP contribution is -2.36. The average Bonchev–Trinajstić information content (AvgIpc) is 3.19. The van der Waals surface area contributed by atoms with Crippen molar-refractivity contribution in [1.82, 2.24) is 15.6 Å². The van der Waals surface area contributed by atoms with Gasteiger partial charge in [0.15, 0.2) is 5.96 Å². The second-order valence-corrected chi connectivity index (χ2v) is 8.32. The van der Waals surface area contributed by atoms with Crippen LogP contribution < -0.4 is 15.5 Å². The van der Waals surface area contributed by atoms with Crippen molar-refractivity contribution in [2.45, 2.75) is 58.5 Å². The van der Waals surface area contributed by atoms with Crippen molar-refractivity contribution in [2.75, 3.05) is 18.5 Å². The van der Waals surface area contributed by atoms with Gasteiger partial charge in [0, 0.05) is 37.7 Å². The predicted molar refractivity (Wildman–Crippen MR) is 115 cm³/mol. The summed E-state index contributed by atoms with van der Waals surface area (Å²) < 4.78 is 5.80. The Bertz CT molecular complexity index is 849. The van der Waals surface area contributed by atoms with Crippen LogP contribution in [0, 0.1) is 0 Å². The number of hydrogen-bond acceptors (Lipinski definition) is 4. The van der Waals surface area contributed by atoms with E-state index >= 15 is 0 Å². The van der Waals surface area contributed by atoms with Gasteiger partial charge < -0.3 is 20.0 Å². The lowest BCUT2D eigenvalue weighted by Gasteiger charge is -2.26. The van der Waals surface area contributed by atoms with Gasteiger partial charge in [0.1, 0.15) is 5.76 Å². The lowest BCUT2D eigenvalue weighted by molar-refractivity contribution is -0.119. The third-order valence-electron chi connectivity index (χ3n) is 4.95. The molecule has 7 heteroatoms. The van der Waals surface area contributed by atoms with E-state index in [-0.39, 0.29) is 11.3 Å². The number of carbonyl (C=O) groups excluding carboxylic acids is 1. The number of nitrogens with zero attached hydrogens (tertiary/aromatic N) is 3. The Kier molecular flexibility index (Phi) is 6.56. The number of aliphatic imine (C=N–C) groups is 1. The molecule has 0 unspecified atom stereocenters. The number of benzene rings is 1. The zero-order valence-electron chi connectivity index (χ0n) is 17.8. The molecule has 0 bridgehead atoms. The summed E-state index contributed by atoms with van der Waals surface area (Å²) in [4.78, 5) is 22.5. The molecular weight excluding hydrogens is 366 g/mol. The van der Waals surface area contributed by atoms with Crippen molar-refractivity contribution in [1.29, 1.82) is 0 Å². The van der Waals surface area contributed by atoms with Gasteiger partial charge in [-0.25, -0.2) is 4.98 Å². The molecule has 1 fully saturated rings. The molecule has 29 heavy (non-hydrogen) atoms. The fourth-order valence-corrected chi connectivity index (χ4v) is 3.18. The van der Waals surface area contributed by atoms with Gasteiger partial charge in [-0.05, 0) is 30.5 Å². The normalized spacial score (nSPS) is 15.5. The van der Waals surface area contributed by atoms with Crippen molar-refractivity contribution in [3.63, 3.8) is 0 Å². The molecule has 1 aromatic carbocycles. The van der Waals surface area contributed by atoms with E-state index in [4.69, 9.17) is 4.42 Å². The second kappa shape index (κ2) is 9.11. The van der Waals surface area contributed by atoms with Gasteiger partial charge in [0.25, 0.3) is 0 Å². The number of rotatable bonds is 5. The zero-order chi connectivity index (χ0) is 20.9. The number of anilines is 1. The molecule has 2 N–H and O–H groups in total. The first kappa shape index (κ1) is 20.9. The van der Waals surface area contributed by atoms with Gasteiger partial charge in [-0.3, -0.25) is 9.79 Å². The number of oxazole rings is 1. The van der Waals surface area contributed by atoms with Crippen LogP contribution in [0.1, 0.15) is 57.2 Å². The lowest BCUT2D eigenvalue weighted by atomic mass is 9.94. The molecule has 0 saturated carbocycles. The topological polar surface area (TPSA) is 82.8 Å². The fraction of sp³-hybridized carbons (Fsp3) is 0.500. The van der Waals surface area contributed by atoms with E-state index in [0.717, 1.165) is 36.4 Å². The third-order valence-corrected chi connectivity index (χ3v) is 4.95. The van der Waals surface area contributed by atoms with E-state index in [0.29, 0.717) is 31.4 Å². The van der Waals surface area contributed by atoms with Crippen LogP contribution in [0.3, 0.4) is 0 Å². The summed E-state index contributed by atoms with van der Waals surface area (Å²) in [5.74, 6) is 2.39. The van der Waals surface area contributed by atoms with E-state index < -0.39 is 0 Å². The van der Waals surface area contributed by atoms with Crippen molar-refractivity contribution >= 4 is 17.6 Å². The van der Waals surface area contributed by atoms with Gasteiger partial charge in [-0.2, -0.15) is 0 Å². The Labute approximate surface area is 172 Å². The van der Waals surface area contributed by atoms with Gasteiger partial charge >= 0.3 is 0 Å². The van der Waals surface area contributed by atoms with Crippen molar-refractivity contribution < 1.29 is 9.21 Å². The van der Waals surface area contributed by atoms with Crippen molar-refractivity contribution in [3.8, 4) is 0 Å². The van der Waals surface area contributed by atoms with E-state index in [1.165, 1.54) is 0 Å². The predicted octanol–water partition coefficient (Wildman–Crippen LogP) is 3.35. The molecule has 7 nitrogen and oxygen atoms in total. The Hall–Kier alpha value is -2.83. The minimum atomic E-state index is -0.0594. The van der Waals surface area contributed by atoms with Crippen LogP contribution >= 0.6 is 0 Å². The zero-order valence-corrected chi connectivity index (χ0v) is 17.8. The van der Waals surface area contributed by atoms with E-state index in [1.54, 1.807) is 13.2 Å². The number of nitrogens with one attached hydrogen (secondary N) is 2. The van der Waals surface area contributed by atoms with Crippen LogP contribution in [0.4, 0.5) is 5.69 Å². The highest BCUT2D eigenvalue weighted by molar-refractivity contribution is 5.93. The quantitative estimate of drug-likeness (QED) is 0.597. The molecule has 0 atom stereocenters. The largest absolute Gasteiger partial charge is 0.443 e. The second-order valence-electron chi connectivity index (χ2n) is 8.32. The summed E-state index contributed by atoms with van der Waals surface area (Å²) in [6.45, 7) is 8.19. The minimum absolute atomic E-state index is 0.0594. The Morgan fingerprint density at radius 2 is 1.90 bits per heavy atom. The van der Waals surface area contributed by atoms with Crippen LogP contribution in [-0.4, -0.2) is 30.4 Å². The Morgan fingerprint density at radius 3 is 2.52 bits per heavy atom. The summed E-state index contributed by atoms with van der Waals surface area (Å²) in [6.07, 6.45) is 4.49. The first-order valence-electron chi connectivity index (χ1n) is 10.2. The van der Waals surface area contributed by atoms with Crippen LogP contribution in [0.5, 0.6) is 0 Å². The van der Waals surface area contributed by atoms with Gasteiger partial charge in [-0.1, -0.05) is 32.9 Å². The Balaban J connectivity index is 1.50. The maximum Gasteiger partial charge on any atom is 0.226 e. The fourth-order valence-electron chi connectivity index (χ4n) is 3.18. The standard InChI is InChI=1S/C22H31N5O2/c1-22(2,3)18-14-24-19(29-18)15-26-21(23-4)25-13-16-8-10-17(11-9-16)27-12-6-5-7-20(27)28/h8-11,14H,5-7,12-13,15H2,1-4H3,(H2,23,25,26). The maximum absolute atomic E-state index is 12.1. The number of amides is 1. The van der Waals surface area contributed by atoms with Crippen LogP contribution in [0.15, 0.2) is 39.9 Å². The number of guanidine groups is 1. The summed E-state index contributed by atoms with van der Waals surface area (Å²) in [5.41, 5.74) is 2.03. The molecule has 1 amide bonds. The summed E-state index contributed by atoms with van der Waals surface area (Å²) >= 11 is 0. The minimum Gasteiger partial charge on any atom is -0.443 e. The molecule has 0 radical (unpaired) electrons. The summed E-state index contributed by atoms with van der Waals surface area (Å²) in [7, 11) is 1.73. The highest BCUT2D eigenvalue weighted by atomic mass is 16.4. The molecule has 1 aliphatic heterocycles. The molecule has 1 aromatic heterocycles. The third kappa shape index (κ3) is 5.59. The number of carbonyl (C=O) groups is 1. The van der Waals surface area contributed by atoms with Crippen molar-refractivity contribution in [2.24, 2.45) is 4.99 Å². The summed E-state index contributed by atoms with van der Waals surface area (Å²) in [6, 6.07) is 8.11. The molecule has 2 heterocycles. The van der Waals surface area contributed by atoms with Gasteiger partial charge in [0.2, 0.25) is 11.8 Å². The molecule has 0 spiro atoms. The monoisotopic (exact) mass is 397 g/mol. The Morgan fingerprint density at radius 1 is 1.17 bits per heavy atom. The highest BCUT2D eigenvalue weighted by Crippen LogP contribution is 2.23. The number of hydrogen-bond donors (Lipinski definition) is 2. The molecule has 1 aliphatic rings. The molecule has 3 rings (SSSR count).